The molecule has 8 heteroatoms. The Bertz CT molecular complexity index is 769. The zero-order valence-corrected chi connectivity index (χ0v) is 13.0. The number of aromatic nitrogens is 1. The second-order valence-electron chi connectivity index (χ2n) is 5.76. The van der Waals surface area contributed by atoms with E-state index in [1.165, 1.54) is 6.26 Å². The van der Waals surface area contributed by atoms with Gasteiger partial charge in [-0.2, -0.15) is 10.2 Å². The number of nitrogens with zero attached hydrogens (tertiary/aromatic N) is 4. The van der Waals surface area contributed by atoms with Gasteiger partial charge in [-0.1, -0.05) is 0 Å². The van der Waals surface area contributed by atoms with Gasteiger partial charge < -0.3 is 18.5 Å². The number of carbonyl (C=O) groups excluding carboxylic acids is 1. The highest BCUT2D eigenvalue weighted by atomic mass is 16.5. The molecule has 2 saturated heterocycles. The number of carbonyl (C=O) groups is 1. The number of oxazole rings is 1. The quantitative estimate of drug-likeness (QED) is 0.777. The minimum atomic E-state index is -0.143. The molecule has 0 aromatic carbocycles. The van der Waals surface area contributed by atoms with Gasteiger partial charge in [0.1, 0.15) is 12.1 Å². The van der Waals surface area contributed by atoms with E-state index in [2.05, 4.69) is 16.0 Å². The van der Waals surface area contributed by atoms with Crippen molar-refractivity contribution in [2.45, 2.75) is 12.5 Å². The minimum absolute atomic E-state index is 0.138. The van der Waals surface area contributed by atoms with Gasteiger partial charge in [0.05, 0.1) is 12.9 Å². The SMILES string of the molecule is N#Cc1nc(-c2ccco2)oc1N1CCN([C@H]2CCOC2=O)CC1. The Hall–Kier alpha value is -2.79. The van der Waals surface area contributed by atoms with Crippen LogP contribution in [-0.2, 0) is 9.53 Å². The summed E-state index contributed by atoms with van der Waals surface area (Å²) in [5, 5.41) is 9.32. The third-order valence-electron chi connectivity index (χ3n) is 4.40. The topological polar surface area (TPSA) is 95.7 Å². The third-order valence-corrected chi connectivity index (χ3v) is 4.40. The summed E-state index contributed by atoms with van der Waals surface area (Å²) >= 11 is 0. The molecule has 2 aliphatic heterocycles. The highest BCUT2D eigenvalue weighted by Gasteiger charge is 2.35. The minimum Gasteiger partial charge on any atom is -0.464 e. The monoisotopic (exact) mass is 328 g/mol. The van der Waals surface area contributed by atoms with E-state index in [9.17, 15) is 10.1 Å². The molecule has 2 aromatic heterocycles. The summed E-state index contributed by atoms with van der Waals surface area (Å²) in [6.07, 6.45) is 2.28. The summed E-state index contributed by atoms with van der Waals surface area (Å²) in [5.74, 6) is 1.11. The molecule has 2 fully saturated rings. The van der Waals surface area contributed by atoms with Gasteiger partial charge in [0.25, 0.3) is 5.89 Å². The van der Waals surface area contributed by atoms with Crippen LogP contribution in [0.5, 0.6) is 0 Å². The van der Waals surface area contributed by atoms with Crippen LogP contribution in [0.25, 0.3) is 11.7 Å². The molecule has 8 nitrogen and oxygen atoms in total. The van der Waals surface area contributed by atoms with Crippen LogP contribution in [0.4, 0.5) is 5.88 Å². The third kappa shape index (κ3) is 2.53. The van der Waals surface area contributed by atoms with Crippen molar-refractivity contribution in [2.75, 3.05) is 37.7 Å². The first-order chi connectivity index (χ1) is 11.8. The van der Waals surface area contributed by atoms with Gasteiger partial charge >= 0.3 is 5.97 Å². The Morgan fingerprint density at radius 1 is 1.29 bits per heavy atom. The first-order valence-electron chi connectivity index (χ1n) is 7.86. The lowest BCUT2D eigenvalue weighted by molar-refractivity contribution is -0.142. The van der Waals surface area contributed by atoms with E-state index in [-0.39, 0.29) is 17.7 Å². The molecule has 0 aliphatic carbocycles. The number of hydrogen-bond donors (Lipinski definition) is 0. The summed E-state index contributed by atoms with van der Waals surface area (Å²) in [6, 6.07) is 5.41. The smallest absolute Gasteiger partial charge is 0.323 e. The van der Waals surface area contributed by atoms with E-state index < -0.39 is 0 Å². The van der Waals surface area contributed by atoms with Crippen molar-refractivity contribution >= 4 is 11.9 Å². The molecule has 0 bridgehead atoms. The summed E-state index contributed by atoms with van der Waals surface area (Å²) in [7, 11) is 0. The average molecular weight is 328 g/mol. The maximum absolute atomic E-state index is 11.7. The second-order valence-corrected chi connectivity index (χ2v) is 5.76. The normalized spacial score (nSPS) is 21.7. The molecular formula is C16H16N4O4. The molecular weight excluding hydrogens is 312 g/mol. The van der Waals surface area contributed by atoms with Gasteiger partial charge in [-0.15, -0.1) is 0 Å². The van der Waals surface area contributed by atoms with Crippen LogP contribution in [0.1, 0.15) is 12.1 Å². The summed E-state index contributed by atoms with van der Waals surface area (Å²) in [5.41, 5.74) is 0.245. The van der Waals surface area contributed by atoms with Crippen molar-refractivity contribution in [2.24, 2.45) is 0 Å². The van der Waals surface area contributed by atoms with Crippen LogP contribution in [0.15, 0.2) is 27.2 Å². The standard InChI is InChI=1S/C16H16N4O4/c17-10-11-15(24-14(18-11)13-2-1-8-22-13)20-6-4-19(5-7-20)12-3-9-23-16(12)21/h1-2,8,12H,3-7,9H2/t12-/m0/s1. The molecule has 0 amide bonds. The van der Waals surface area contributed by atoms with Crippen LogP contribution in [0.3, 0.4) is 0 Å². The second kappa shape index (κ2) is 6.02. The number of hydrogen-bond acceptors (Lipinski definition) is 8. The van der Waals surface area contributed by atoms with Gasteiger partial charge in [-0.05, 0) is 12.1 Å². The number of esters is 1. The van der Waals surface area contributed by atoms with E-state index >= 15 is 0 Å². The molecule has 4 rings (SSSR count). The number of furan rings is 1. The van der Waals surface area contributed by atoms with Crippen LogP contribution < -0.4 is 4.90 Å². The zero-order chi connectivity index (χ0) is 16.5. The first kappa shape index (κ1) is 14.8. The number of rotatable bonds is 3. The molecule has 0 unspecified atom stereocenters. The van der Waals surface area contributed by atoms with Gasteiger partial charge in [0, 0.05) is 32.6 Å². The van der Waals surface area contributed by atoms with Crippen molar-refractivity contribution < 1.29 is 18.4 Å². The van der Waals surface area contributed by atoms with E-state index in [0.29, 0.717) is 50.3 Å². The number of nitriles is 1. The Kier molecular flexibility index (Phi) is 3.70. The fourth-order valence-electron chi connectivity index (χ4n) is 3.16. The van der Waals surface area contributed by atoms with Gasteiger partial charge in [0.15, 0.2) is 5.76 Å². The Morgan fingerprint density at radius 3 is 2.75 bits per heavy atom. The highest BCUT2D eigenvalue weighted by Crippen LogP contribution is 2.29. The number of ether oxygens (including phenoxy) is 1. The molecule has 0 saturated carbocycles. The van der Waals surface area contributed by atoms with Crippen molar-refractivity contribution in [1.29, 1.82) is 5.26 Å². The van der Waals surface area contributed by atoms with E-state index in [1.54, 1.807) is 12.1 Å². The van der Waals surface area contributed by atoms with Crippen LogP contribution in [0, 0.1) is 11.3 Å². The molecule has 2 aromatic rings. The predicted octanol–water partition coefficient (Wildman–Crippen LogP) is 1.24. The summed E-state index contributed by atoms with van der Waals surface area (Å²) in [6.45, 7) is 3.23. The molecule has 2 aliphatic rings. The number of anilines is 1. The predicted molar refractivity (Wildman–Crippen MR) is 82.1 cm³/mol. The molecule has 124 valence electrons. The Morgan fingerprint density at radius 2 is 2.12 bits per heavy atom. The largest absolute Gasteiger partial charge is 0.464 e. The Balaban J connectivity index is 1.49. The lowest BCUT2D eigenvalue weighted by Gasteiger charge is -2.36. The molecule has 24 heavy (non-hydrogen) atoms. The molecule has 0 spiro atoms. The van der Waals surface area contributed by atoms with Crippen LogP contribution in [-0.4, -0.2) is 54.7 Å². The van der Waals surface area contributed by atoms with Crippen molar-refractivity contribution in [1.82, 2.24) is 9.88 Å². The maximum atomic E-state index is 11.7. The number of piperazine rings is 1. The summed E-state index contributed by atoms with van der Waals surface area (Å²) in [4.78, 5) is 20.0. The maximum Gasteiger partial charge on any atom is 0.323 e. The van der Waals surface area contributed by atoms with Gasteiger partial charge in [-0.3, -0.25) is 9.69 Å². The van der Waals surface area contributed by atoms with E-state index in [1.807, 2.05) is 4.90 Å². The van der Waals surface area contributed by atoms with Crippen molar-refractivity contribution in [3.05, 3.63) is 24.1 Å². The van der Waals surface area contributed by atoms with E-state index in [4.69, 9.17) is 13.6 Å². The molecule has 0 radical (unpaired) electrons. The van der Waals surface area contributed by atoms with Gasteiger partial charge in [0.2, 0.25) is 11.6 Å². The zero-order valence-electron chi connectivity index (χ0n) is 13.0. The Labute approximate surface area is 138 Å². The van der Waals surface area contributed by atoms with Crippen molar-refractivity contribution in [3.8, 4) is 17.7 Å². The molecule has 0 N–H and O–H groups in total. The summed E-state index contributed by atoms with van der Waals surface area (Å²) < 4.78 is 16.1. The van der Waals surface area contributed by atoms with Crippen LogP contribution >= 0.6 is 0 Å². The van der Waals surface area contributed by atoms with E-state index in [0.717, 1.165) is 6.42 Å². The molecule has 4 heterocycles. The fraction of sp³-hybridized carbons (Fsp3) is 0.438. The highest BCUT2D eigenvalue weighted by molar-refractivity contribution is 5.77. The average Bonchev–Trinajstić information content (AvgIpc) is 3.35. The molecule has 1 atom stereocenters. The fourth-order valence-corrected chi connectivity index (χ4v) is 3.16. The number of cyclic esters (lactones) is 1. The van der Waals surface area contributed by atoms with Gasteiger partial charge in [-0.25, -0.2) is 0 Å². The lowest BCUT2D eigenvalue weighted by atomic mass is 10.2. The lowest BCUT2D eigenvalue weighted by Crippen LogP contribution is -2.51. The van der Waals surface area contributed by atoms with Crippen molar-refractivity contribution in [3.63, 3.8) is 0 Å². The van der Waals surface area contributed by atoms with Crippen LogP contribution in [0.2, 0.25) is 0 Å². The first-order valence-corrected chi connectivity index (χ1v) is 7.86.